The van der Waals surface area contributed by atoms with Gasteiger partial charge in [0.2, 0.25) is 5.91 Å². The maximum Gasteiger partial charge on any atom is 0.335 e. The molecule has 1 aromatic carbocycles. The van der Waals surface area contributed by atoms with Crippen LogP contribution in [0.1, 0.15) is 28.8 Å². The summed E-state index contributed by atoms with van der Waals surface area (Å²) in [7, 11) is -0.386. The molecule has 0 saturated carbocycles. The van der Waals surface area contributed by atoms with E-state index in [9.17, 15) is 18.0 Å². The van der Waals surface area contributed by atoms with Gasteiger partial charge in [-0.05, 0) is 31.0 Å². The molecule has 0 unspecified atom stereocenters. The number of sulfone groups is 1. The third-order valence-corrected chi connectivity index (χ3v) is 5.01. The minimum atomic E-state index is -3.60. The molecule has 1 amide bonds. The third kappa shape index (κ3) is 4.56. The number of benzene rings is 1. The van der Waals surface area contributed by atoms with Gasteiger partial charge in [0.25, 0.3) is 0 Å². The maximum atomic E-state index is 12.3. The van der Waals surface area contributed by atoms with Crippen LogP contribution >= 0.6 is 0 Å². The van der Waals surface area contributed by atoms with Crippen molar-refractivity contribution in [3.8, 4) is 0 Å². The molecule has 0 aromatic heterocycles. The molecule has 0 spiro atoms. The average Bonchev–Trinajstić information content (AvgIpc) is 2.38. The van der Waals surface area contributed by atoms with E-state index < -0.39 is 15.8 Å². The second-order valence-electron chi connectivity index (χ2n) is 5.00. The molecular formula is C14H19NO5S. The van der Waals surface area contributed by atoms with Gasteiger partial charge in [-0.3, -0.25) is 4.79 Å². The minimum Gasteiger partial charge on any atom is -0.478 e. The lowest BCUT2D eigenvalue weighted by Gasteiger charge is -2.11. The lowest BCUT2D eigenvalue weighted by molar-refractivity contribution is -0.128. The Morgan fingerprint density at radius 1 is 1.24 bits per heavy atom. The SMILES string of the molecule is Cc1ccc(C(=O)O)cc1S(=O)(=O)CCCC(=O)N(C)C. The fourth-order valence-corrected chi connectivity index (χ4v) is 3.42. The number of aromatic carboxylic acids is 1. The van der Waals surface area contributed by atoms with Gasteiger partial charge in [-0.2, -0.15) is 0 Å². The fraction of sp³-hybridized carbons (Fsp3) is 0.429. The van der Waals surface area contributed by atoms with Gasteiger partial charge in [-0.25, -0.2) is 13.2 Å². The second kappa shape index (κ2) is 6.71. The molecule has 7 heteroatoms. The van der Waals surface area contributed by atoms with Crippen molar-refractivity contribution in [3.05, 3.63) is 29.3 Å². The molecule has 1 aromatic rings. The quantitative estimate of drug-likeness (QED) is 0.855. The number of nitrogens with zero attached hydrogens (tertiary/aromatic N) is 1. The smallest absolute Gasteiger partial charge is 0.335 e. The van der Waals surface area contributed by atoms with Crippen LogP contribution in [0.25, 0.3) is 0 Å². The first-order chi connectivity index (χ1) is 9.65. The summed E-state index contributed by atoms with van der Waals surface area (Å²) in [6, 6.07) is 4.01. The van der Waals surface area contributed by atoms with E-state index >= 15 is 0 Å². The van der Waals surface area contributed by atoms with Crippen molar-refractivity contribution in [3.63, 3.8) is 0 Å². The van der Waals surface area contributed by atoms with Crippen LogP contribution in [-0.4, -0.2) is 50.1 Å². The highest BCUT2D eigenvalue weighted by Crippen LogP contribution is 2.19. The first kappa shape index (κ1) is 17.2. The molecule has 0 aliphatic carbocycles. The molecule has 0 aliphatic heterocycles. The molecule has 0 bridgehead atoms. The van der Waals surface area contributed by atoms with E-state index in [0.717, 1.165) is 0 Å². The van der Waals surface area contributed by atoms with E-state index in [4.69, 9.17) is 5.11 Å². The second-order valence-corrected chi connectivity index (χ2v) is 7.07. The number of carbonyl (C=O) groups is 2. The van der Waals surface area contributed by atoms with Gasteiger partial charge in [0, 0.05) is 20.5 Å². The van der Waals surface area contributed by atoms with Gasteiger partial charge >= 0.3 is 5.97 Å². The van der Waals surface area contributed by atoms with E-state index in [2.05, 4.69) is 0 Å². The molecule has 0 saturated heterocycles. The summed E-state index contributed by atoms with van der Waals surface area (Å²) in [5.41, 5.74) is 0.433. The van der Waals surface area contributed by atoms with Crippen LogP contribution in [0.15, 0.2) is 23.1 Å². The summed E-state index contributed by atoms with van der Waals surface area (Å²) >= 11 is 0. The molecule has 1 rings (SSSR count). The van der Waals surface area contributed by atoms with Gasteiger partial charge in [-0.1, -0.05) is 6.07 Å². The van der Waals surface area contributed by atoms with Gasteiger partial charge in [0.15, 0.2) is 9.84 Å². The van der Waals surface area contributed by atoms with E-state index in [-0.39, 0.29) is 35.0 Å². The molecule has 6 nitrogen and oxygen atoms in total. The highest BCUT2D eigenvalue weighted by molar-refractivity contribution is 7.91. The Morgan fingerprint density at radius 2 is 1.86 bits per heavy atom. The van der Waals surface area contributed by atoms with Crippen LogP contribution in [0.5, 0.6) is 0 Å². The molecule has 116 valence electrons. The normalized spacial score (nSPS) is 11.2. The van der Waals surface area contributed by atoms with Crippen molar-refractivity contribution < 1.29 is 23.1 Å². The first-order valence-corrected chi connectivity index (χ1v) is 8.07. The van der Waals surface area contributed by atoms with Gasteiger partial charge in [0.05, 0.1) is 16.2 Å². The van der Waals surface area contributed by atoms with Crippen molar-refractivity contribution in [1.29, 1.82) is 0 Å². The van der Waals surface area contributed by atoms with E-state index in [1.165, 1.54) is 23.1 Å². The molecule has 0 fully saturated rings. The predicted molar refractivity (Wildman–Crippen MR) is 78.1 cm³/mol. The van der Waals surface area contributed by atoms with Crippen LogP contribution in [0.2, 0.25) is 0 Å². The number of amides is 1. The number of hydrogen-bond acceptors (Lipinski definition) is 4. The van der Waals surface area contributed by atoms with E-state index in [1.54, 1.807) is 21.0 Å². The van der Waals surface area contributed by atoms with Gasteiger partial charge in [-0.15, -0.1) is 0 Å². The van der Waals surface area contributed by atoms with E-state index in [0.29, 0.717) is 5.56 Å². The van der Waals surface area contributed by atoms with Crippen LogP contribution in [-0.2, 0) is 14.6 Å². The zero-order chi connectivity index (χ0) is 16.2. The Morgan fingerprint density at radius 3 is 2.38 bits per heavy atom. The number of rotatable bonds is 6. The molecular weight excluding hydrogens is 294 g/mol. The van der Waals surface area contributed by atoms with Crippen LogP contribution < -0.4 is 0 Å². The number of hydrogen-bond donors (Lipinski definition) is 1. The maximum absolute atomic E-state index is 12.3. The molecule has 21 heavy (non-hydrogen) atoms. The van der Waals surface area contributed by atoms with Gasteiger partial charge in [0.1, 0.15) is 0 Å². The zero-order valence-electron chi connectivity index (χ0n) is 12.3. The largest absolute Gasteiger partial charge is 0.478 e. The van der Waals surface area contributed by atoms with Crippen molar-refractivity contribution in [2.75, 3.05) is 19.8 Å². The topological polar surface area (TPSA) is 91.7 Å². The van der Waals surface area contributed by atoms with Crippen LogP contribution in [0.3, 0.4) is 0 Å². The van der Waals surface area contributed by atoms with Crippen molar-refractivity contribution in [1.82, 2.24) is 4.90 Å². The van der Waals surface area contributed by atoms with Crippen molar-refractivity contribution in [2.45, 2.75) is 24.7 Å². The first-order valence-electron chi connectivity index (χ1n) is 6.42. The van der Waals surface area contributed by atoms with Crippen molar-refractivity contribution in [2.24, 2.45) is 0 Å². The fourth-order valence-electron chi connectivity index (χ4n) is 1.82. The lowest BCUT2D eigenvalue weighted by atomic mass is 10.1. The van der Waals surface area contributed by atoms with Crippen LogP contribution in [0, 0.1) is 6.92 Å². The highest BCUT2D eigenvalue weighted by atomic mass is 32.2. The number of carboxylic acids is 1. The zero-order valence-corrected chi connectivity index (χ0v) is 13.1. The van der Waals surface area contributed by atoms with Crippen molar-refractivity contribution >= 4 is 21.7 Å². The number of carboxylic acid groups (broad SMARTS) is 1. The monoisotopic (exact) mass is 313 g/mol. The molecule has 0 heterocycles. The summed E-state index contributed by atoms with van der Waals surface area (Å²) in [6.07, 6.45) is 0.347. The predicted octanol–water partition coefficient (Wildman–Crippen LogP) is 1.34. The summed E-state index contributed by atoms with van der Waals surface area (Å²) in [5.74, 6) is -1.49. The Hall–Kier alpha value is -1.89. The molecule has 1 N–H and O–H groups in total. The summed E-state index contributed by atoms with van der Waals surface area (Å²) in [4.78, 5) is 23.8. The standard InChI is InChI=1S/C14H19NO5S/c1-10-6-7-11(14(17)18)9-12(10)21(19,20)8-4-5-13(16)15(2)3/h6-7,9H,4-5,8H2,1-3H3,(H,17,18). The number of aryl methyl sites for hydroxylation is 1. The lowest BCUT2D eigenvalue weighted by Crippen LogP contribution is -2.22. The molecule has 0 radical (unpaired) electrons. The Bertz CT molecular complexity index is 649. The summed E-state index contributed by atoms with van der Waals surface area (Å²) < 4.78 is 24.5. The summed E-state index contributed by atoms with van der Waals surface area (Å²) in [6.45, 7) is 1.61. The Kier molecular flexibility index (Phi) is 5.48. The Balaban J connectivity index is 2.90. The minimum absolute atomic E-state index is 0.0136. The highest BCUT2D eigenvalue weighted by Gasteiger charge is 2.19. The summed E-state index contributed by atoms with van der Waals surface area (Å²) in [5, 5.41) is 8.93. The molecule has 0 atom stereocenters. The third-order valence-electron chi connectivity index (χ3n) is 3.07. The molecule has 0 aliphatic rings. The van der Waals surface area contributed by atoms with E-state index in [1.807, 2.05) is 0 Å². The van der Waals surface area contributed by atoms with Crippen LogP contribution in [0.4, 0.5) is 0 Å². The number of carbonyl (C=O) groups excluding carboxylic acids is 1. The average molecular weight is 313 g/mol. The van der Waals surface area contributed by atoms with Gasteiger partial charge < -0.3 is 10.0 Å². The Labute approximate surface area is 124 Å².